The SMILES string of the molecule is CC[C@@H](CO)N(Cc1ccco1)C(=O)CCNC(=O)c1ccccc1F. The highest BCUT2D eigenvalue weighted by Crippen LogP contribution is 2.13. The van der Waals surface area contributed by atoms with Crippen LogP contribution >= 0.6 is 0 Å². The van der Waals surface area contributed by atoms with Gasteiger partial charge < -0.3 is 19.7 Å². The summed E-state index contributed by atoms with van der Waals surface area (Å²) in [5, 5.41) is 12.1. The minimum atomic E-state index is -0.609. The molecule has 6 nitrogen and oxygen atoms in total. The second-order valence-electron chi connectivity index (χ2n) is 5.83. The molecule has 2 amide bonds. The largest absolute Gasteiger partial charge is 0.467 e. The van der Waals surface area contributed by atoms with E-state index in [4.69, 9.17) is 4.42 Å². The number of aliphatic hydroxyl groups is 1. The monoisotopic (exact) mass is 362 g/mol. The molecule has 0 aliphatic heterocycles. The smallest absolute Gasteiger partial charge is 0.254 e. The number of halogens is 1. The van der Waals surface area contributed by atoms with Crippen LogP contribution in [0.5, 0.6) is 0 Å². The average molecular weight is 362 g/mol. The predicted octanol–water partition coefficient (Wildman–Crippen LogP) is 2.34. The number of carbonyl (C=O) groups is 2. The fraction of sp³-hybridized carbons (Fsp3) is 0.368. The summed E-state index contributed by atoms with van der Waals surface area (Å²) < 4.78 is 18.9. The summed E-state index contributed by atoms with van der Waals surface area (Å²) in [4.78, 5) is 26.1. The van der Waals surface area contributed by atoms with Gasteiger partial charge in [0.05, 0.1) is 31.0 Å². The highest BCUT2D eigenvalue weighted by molar-refractivity contribution is 5.94. The summed E-state index contributed by atoms with van der Waals surface area (Å²) in [6.07, 6.45) is 2.15. The van der Waals surface area contributed by atoms with Crippen LogP contribution in [-0.2, 0) is 11.3 Å². The van der Waals surface area contributed by atoms with Gasteiger partial charge in [-0.05, 0) is 30.7 Å². The molecule has 0 radical (unpaired) electrons. The first-order valence-electron chi connectivity index (χ1n) is 8.52. The molecule has 26 heavy (non-hydrogen) atoms. The molecule has 1 atom stereocenters. The predicted molar refractivity (Wildman–Crippen MR) is 93.8 cm³/mol. The molecule has 0 aliphatic rings. The Morgan fingerprint density at radius 1 is 1.27 bits per heavy atom. The van der Waals surface area contributed by atoms with Crippen LogP contribution in [0.15, 0.2) is 47.1 Å². The van der Waals surface area contributed by atoms with Crippen molar-refractivity contribution >= 4 is 11.8 Å². The van der Waals surface area contributed by atoms with E-state index in [-0.39, 0.29) is 43.6 Å². The zero-order valence-electron chi connectivity index (χ0n) is 14.7. The first-order chi connectivity index (χ1) is 12.6. The Hall–Kier alpha value is -2.67. The molecule has 0 saturated heterocycles. The van der Waals surface area contributed by atoms with Gasteiger partial charge in [0.25, 0.3) is 5.91 Å². The Bertz CT molecular complexity index is 714. The van der Waals surface area contributed by atoms with Crippen LogP contribution in [0.4, 0.5) is 4.39 Å². The summed E-state index contributed by atoms with van der Waals surface area (Å²) in [6, 6.07) is 8.81. The molecule has 7 heteroatoms. The number of hydrogen-bond donors (Lipinski definition) is 2. The Kier molecular flexibility index (Phi) is 7.35. The molecule has 2 N–H and O–H groups in total. The van der Waals surface area contributed by atoms with Crippen molar-refractivity contribution < 1.29 is 23.5 Å². The number of hydrogen-bond acceptors (Lipinski definition) is 4. The zero-order chi connectivity index (χ0) is 18.9. The van der Waals surface area contributed by atoms with Crippen molar-refractivity contribution in [2.24, 2.45) is 0 Å². The molecule has 1 heterocycles. The maximum Gasteiger partial charge on any atom is 0.254 e. The Morgan fingerprint density at radius 3 is 2.65 bits per heavy atom. The van der Waals surface area contributed by atoms with Crippen LogP contribution in [0.25, 0.3) is 0 Å². The van der Waals surface area contributed by atoms with Crippen LogP contribution in [0.1, 0.15) is 35.9 Å². The Labute approximate surface area is 151 Å². The van der Waals surface area contributed by atoms with E-state index >= 15 is 0 Å². The second-order valence-corrected chi connectivity index (χ2v) is 5.83. The van der Waals surface area contributed by atoms with Crippen molar-refractivity contribution in [3.05, 3.63) is 59.8 Å². The molecule has 1 aromatic carbocycles. The van der Waals surface area contributed by atoms with E-state index in [1.165, 1.54) is 29.4 Å². The molecule has 0 spiro atoms. The lowest BCUT2D eigenvalue weighted by molar-refractivity contribution is -0.135. The van der Waals surface area contributed by atoms with Crippen LogP contribution in [-0.4, -0.2) is 41.0 Å². The van der Waals surface area contributed by atoms with Gasteiger partial charge in [-0.1, -0.05) is 19.1 Å². The van der Waals surface area contributed by atoms with Gasteiger partial charge in [0.2, 0.25) is 5.91 Å². The van der Waals surface area contributed by atoms with Crippen LogP contribution < -0.4 is 5.32 Å². The van der Waals surface area contributed by atoms with E-state index in [9.17, 15) is 19.1 Å². The fourth-order valence-corrected chi connectivity index (χ4v) is 2.61. The fourth-order valence-electron chi connectivity index (χ4n) is 2.61. The first kappa shape index (κ1) is 19.7. The molecule has 0 unspecified atom stereocenters. The molecular formula is C19H23FN2O4. The van der Waals surface area contributed by atoms with Crippen molar-refractivity contribution in [3.63, 3.8) is 0 Å². The van der Waals surface area contributed by atoms with Gasteiger partial charge in [-0.2, -0.15) is 0 Å². The number of rotatable bonds is 9. The van der Waals surface area contributed by atoms with Crippen molar-refractivity contribution in [1.29, 1.82) is 0 Å². The van der Waals surface area contributed by atoms with Gasteiger partial charge in [0.1, 0.15) is 11.6 Å². The highest BCUT2D eigenvalue weighted by Gasteiger charge is 2.23. The molecule has 1 aromatic heterocycles. The van der Waals surface area contributed by atoms with Gasteiger partial charge in [-0.15, -0.1) is 0 Å². The summed E-state index contributed by atoms with van der Waals surface area (Å²) in [6.45, 7) is 2.03. The van der Waals surface area contributed by atoms with Crippen LogP contribution in [0, 0.1) is 5.82 Å². The number of amides is 2. The highest BCUT2D eigenvalue weighted by atomic mass is 19.1. The Morgan fingerprint density at radius 2 is 2.04 bits per heavy atom. The quantitative estimate of drug-likeness (QED) is 0.717. The van der Waals surface area contributed by atoms with Crippen molar-refractivity contribution in [2.75, 3.05) is 13.2 Å². The molecule has 0 saturated carbocycles. The molecule has 0 fully saturated rings. The van der Waals surface area contributed by atoms with E-state index in [0.29, 0.717) is 12.2 Å². The molecule has 0 aliphatic carbocycles. The third-order valence-corrected chi connectivity index (χ3v) is 4.09. The van der Waals surface area contributed by atoms with Crippen molar-refractivity contribution in [2.45, 2.75) is 32.4 Å². The second kappa shape index (κ2) is 9.72. The summed E-state index contributed by atoms with van der Waals surface area (Å²) in [5.41, 5.74) is -0.0609. The third kappa shape index (κ3) is 5.16. The van der Waals surface area contributed by atoms with E-state index in [1.807, 2.05) is 6.92 Å². The van der Waals surface area contributed by atoms with Crippen molar-refractivity contribution in [1.82, 2.24) is 10.2 Å². The molecule has 2 aromatic rings. The van der Waals surface area contributed by atoms with E-state index in [0.717, 1.165) is 0 Å². The molecule has 140 valence electrons. The molecule has 2 rings (SSSR count). The maximum atomic E-state index is 13.6. The summed E-state index contributed by atoms with van der Waals surface area (Å²) in [7, 11) is 0. The van der Waals surface area contributed by atoms with E-state index in [1.54, 1.807) is 18.2 Å². The van der Waals surface area contributed by atoms with Crippen LogP contribution in [0.2, 0.25) is 0 Å². The van der Waals surface area contributed by atoms with Crippen molar-refractivity contribution in [3.8, 4) is 0 Å². The van der Waals surface area contributed by atoms with Gasteiger partial charge in [0.15, 0.2) is 0 Å². The lowest BCUT2D eigenvalue weighted by atomic mass is 10.1. The van der Waals surface area contributed by atoms with Gasteiger partial charge in [0, 0.05) is 13.0 Å². The summed E-state index contributed by atoms with van der Waals surface area (Å²) in [5.74, 6) is -0.790. The lowest BCUT2D eigenvalue weighted by Gasteiger charge is -2.29. The zero-order valence-corrected chi connectivity index (χ0v) is 14.7. The van der Waals surface area contributed by atoms with Crippen LogP contribution in [0.3, 0.4) is 0 Å². The number of nitrogens with one attached hydrogen (secondary N) is 1. The minimum Gasteiger partial charge on any atom is -0.467 e. The Balaban J connectivity index is 1.94. The normalized spacial score (nSPS) is 11.8. The van der Waals surface area contributed by atoms with Gasteiger partial charge >= 0.3 is 0 Å². The number of nitrogens with zero attached hydrogens (tertiary/aromatic N) is 1. The number of aliphatic hydroxyl groups excluding tert-OH is 1. The van der Waals surface area contributed by atoms with Gasteiger partial charge in [-0.25, -0.2) is 4.39 Å². The average Bonchev–Trinajstić information content (AvgIpc) is 3.15. The van der Waals surface area contributed by atoms with E-state index < -0.39 is 11.7 Å². The molecule has 0 bridgehead atoms. The van der Waals surface area contributed by atoms with Gasteiger partial charge in [-0.3, -0.25) is 9.59 Å². The number of benzene rings is 1. The molecular weight excluding hydrogens is 339 g/mol. The first-order valence-corrected chi connectivity index (χ1v) is 8.52. The lowest BCUT2D eigenvalue weighted by Crippen LogP contribution is -2.42. The van der Waals surface area contributed by atoms with E-state index in [2.05, 4.69) is 5.32 Å². The standard InChI is InChI=1S/C19H23FN2O4/c1-2-14(13-23)22(12-15-6-5-11-26-15)18(24)9-10-21-19(25)16-7-3-4-8-17(16)20/h3-8,11,14,23H,2,9-10,12-13H2,1H3,(H,21,25)/t14-/m0/s1. The number of furan rings is 1. The minimum absolute atomic E-state index is 0.0391. The maximum absolute atomic E-state index is 13.6. The third-order valence-electron chi connectivity index (χ3n) is 4.09. The summed E-state index contributed by atoms with van der Waals surface area (Å²) >= 11 is 0. The number of carbonyl (C=O) groups excluding carboxylic acids is 2. The topological polar surface area (TPSA) is 82.8 Å².